The molecular formula is C5H14O6P2. The first kappa shape index (κ1) is 13.3. The predicted molar refractivity (Wildman–Crippen MR) is 47.8 cm³/mol. The van der Waals surface area contributed by atoms with Crippen molar-refractivity contribution >= 4 is 15.2 Å². The molecule has 0 saturated heterocycles. The van der Waals surface area contributed by atoms with Crippen molar-refractivity contribution in [1.29, 1.82) is 0 Å². The minimum Gasteiger partial charge on any atom is -0.324 e. The van der Waals surface area contributed by atoms with Crippen LogP contribution in [0.2, 0.25) is 0 Å². The van der Waals surface area contributed by atoms with E-state index in [1.165, 1.54) is 0 Å². The molecule has 0 rings (SSSR count). The van der Waals surface area contributed by atoms with Crippen LogP contribution in [-0.4, -0.2) is 34.1 Å². The highest BCUT2D eigenvalue weighted by atomic mass is 31.2. The molecule has 0 aromatic heterocycles. The van der Waals surface area contributed by atoms with Gasteiger partial charge in [-0.15, -0.1) is 0 Å². The van der Waals surface area contributed by atoms with Gasteiger partial charge in [0.25, 0.3) is 0 Å². The number of rotatable bonds is 6. The summed E-state index contributed by atoms with van der Waals surface area (Å²) in [6, 6.07) is 0. The average molecular weight is 232 g/mol. The zero-order valence-corrected chi connectivity index (χ0v) is 9.08. The Kier molecular flexibility index (Phi) is 5.37. The molecule has 0 aromatic rings. The van der Waals surface area contributed by atoms with Gasteiger partial charge in [0.1, 0.15) is 0 Å². The van der Waals surface area contributed by atoms with Crippen LogP contribution >= 0.6 is 15.2 Å². The molecule has 0 aliphatic heterocycles. The van der Waals surface area contributed by atoms with Gasteiger partial charge < -0.3 is 19.2 Å². The first-order chi connectivity index (χ1) is 5.77. The largest absolute Gasteiger partial charge is 0.327 e. The molecule has 0 aromatic carbocycles. The van der Waals surface area contributed by atoms with Crippen LogP contribution in [0.3, 0.4) is 0 Å². The molecule has 0 spiro atoms. The fraction of sp³-hybridized carbons (Fsp3) is 1.00. The minimum absolute atomic E-state index is 0.0660. The van der Waals surface area contributed by atoms with Crippen molar-refractivity contribution < 1.29 is 28.3 Å². The minimum atomic E-state index is -3.97. The molecule has 1 atom stereocenters. The van der Waals surface area contributed by atoms with Crippen molar-refractivity contribution in [2.24, 2.45) is 0 Å². The van der Waals surface area contributed by atoms with Crippen LogP contribution in [-0.2, 0) is 13.7 Å². The van der Waals surface area contributed by atoms with E-state index in [0.717, 1.165) is 7.11 Å². The lowest BCUT2D eigenvalue weighted by Crippen LogP contribution is -1.94. The van der Waals surface area contributed by atoms with E-state index in [1.54, 1.807) is 0 Å². The van der Waals surface area contributed by atoms with E-state index in [1.807, 2.05) is 0 Å². The summed E-state index contributed by atoms with van der Waals surface area (Å²) >= 11 is 0. The first-order valence-electron chi connectivity index (χ1n) is 3.69. The van der Waals surface area contributed by atoms with E-state index in [0.29, 0.717) is 0 Å². The quantitative estimate of drug-likeness (QED) is 0.461. The third-order valence-electron chi connectivity index (χ3n) is 1.43. The van der Waals surface area contributed by atoms with Crippen LogP contribution in [0, 0.1) is 0 Å². The summed E-state index contributed by atoms with van der Waals surface area (Å²) < 4.78 is 25.5. The molecule has 0 aliphatic rings. The van der Waals surface area contributed by atoms with Gasteiger partial charge in [-0.25, -0.2) is 0 Å². The van der Waals surface area contributed by atoms with Gasteiger partial charge in [0.15, 0.2) is 0 Å². The smallest absolute Gasteiger partial charge is 0.324 e. The highest BCUT2D eigenvalue weighted by Gasteiger charge is 2.18. The first-order valence-corrected chi connectivity index (χ1v) is 7.25. The maximum atomic E-state index is 10.8. The molecule has 13 heavy (non-hydrogen) atoms. The third kappa shape index (κ3) is 8.63. The standard InChI is InChI=1S/C5H14O6P2/c1-11-13(9,10)5-3-2-4-12(6,7)8/h2-5H2,1H3,(H,9,10)(H2,6,7,8). The molecule has 0 heterocycles. The van der Waals surface area contributed by atoms with Crippen LogP contribution in [0.5, 0.6) is 0 Å². The van der Waals surface area contributed by atoms with Gasteiger partial charge >= 0.3 is 15.2 Å². The lowest BCUT2D eigenvalue weighted by atomic mass is 10.4. The van der Waals surface area contributed by atoms with E-state index >= 15 is 0 Å². The Morgan fingerprint density at radius 3 is 1.92 bits per heavy atom. The van der Waals surface area contributed by atoms with Gasteiger partial charge in [0, 0.05) is 19.4 Å². The molecule has 6 nitrogen and oxygen atoms in total. The van der Waals surface area contributed by atoms with Crippen molar-refractivity contribution in [2.75, 3.05) is 19.4 Å². The van der Waals surface area contributed by atoms with Crippen LogP contribution in [0.4, 0.5) is 0 Å². The molecule has 0 aliphatic carbocycles. The maximum Gasteiger partial charge on any atom is 0.327 e. The van der Waals surface area contributed by atoms with E-state index in [4.69, 9.17) is 14.7 Å². The fourth-order valence-electron chi connectivity index (χ4n) is 0.721. The van der Waals surface area contributed by atoms with Gasteiger partial charge in [0.2, 0.25) is 0 Å². The van der Waals surface area contributed by atoms with Crippen molar-refractivity contribution in [3.63, 3.8) is 0 Å². The molecule has 0 radical (unpaired) electrons. The topological polar surface area (TPSA) is 104 Å². The zero-order chi connectivity index (χ0) is 10.5. The second-order valence-electron chi connectivity index (χ2n) is 2.64. The Balaban J connectivity index is 3.59. The van der Waals surface area contributed by atoms with Gasteiger partial charge in [-0.2, -0.15) is 0 Å². The SMILES string of the molecule is COP(=O)(O)CCCCP(=O)(O)O. The van der Waals surface area contributed by atoms with Crippen molar-refractivity contribution in [1.82, 2.24) is 0 Å². The molecule has 80 valence electrons. The van der Waals surface area contributed by atoms with E-state index in [9.17, 15) is 9.13 Å². The van der Waals surface area contributed by atoms with Gasteiger partial charge in [0.05, 0.1) is 0 Å². The highest BCUT2D eigenvalue weighted by molar-refractivity contribution is 7.52. The second-order valence-corrected chi connectivity index (χ2v) is 6.50. The Hall–Kier alpha value is 0.300. The van der Waals surface area contributed by atoms with Crippen LogP contribution in [0.25, 0.3) is 0 Å². The highest BCUT2D eigenvalue weighted by Crippen LogP contribution is 2.42. The summed E-state index contributed by atoms with van der Waals surface area (Å²) in [5.41, 5.74) is 0. The fourth-order valence-corrected chi connectivity index (χ4v) is 2.16. The van der Waals surface area contributed by atoms with Crippen LogP contribution < -0.4 is 0 Å². The Bertz CT molecular complexity index is 233. The van der Waals surface area contributed by atoms with Gasteiger partial charge in [-0.05, 0) is 12.8 Å². The summed E-state index contributed by atoms with van der Waals surface area (Å²) in [4.78, 5) is 25.8. The molecule has 0 bridgehead atoms. The lowest BCUT2D eigenvalue weighted by molar-refractivity contribution is 0.314. The van der Waals surface area contributed by atoms with Crippen molar-refractivity contribution in [2.45, 2.75) is 12.8 Å². The summed E-state index contributed by atoms with van der Waals surface area (Å²) in [7, 11) is -6.35. The zero-order valence-electron chi connectivity index (χ0n) is 7.29. The molecule has 0 amide bonds. The average Bonchev–Trinajstić information content (AvgIpc) is 1.97. The van der Waals surface area contributed by atoms with E-state index in [2.05, 4.69) is 4.52 Å². The Morgan fingerprint density at radius 1 is 1.08 bits per heavy atom. The number of unbranched alkanes of at least 4 members (excludes halogenated alkanes) is 1. The van der Waals surface area contributed by atoms with E-state index in [-0.39, 0.29) is 25.2 Å². The maximum absolute atomic E-state index is 10.8. The third-order valence-corrected chi connectivity index (χ3v) is 3.78. The molecular weight excluding hydrogens is 218 g/mol. The molecule has 3 N–H and O–H groups in total. The predicted octanol–water partition coefficient (Wildman–Crippen LogP) is 0.776. The molecule has 0 saturated carbocycles. The van der Waals surface area contributed by atoms with Crippen molar-refractivity contribution in [3.05, 3.63) is 0 Å². The summed E-state index contributed by atoms with van der Waals surface area (Å²) in [5.74, 6) is 0. The Labute approximate surface area is 76.6 Å². The number of hydrogen-bond donors (Lipinski definition) is 3. The summed E-state index contributed by atoms with van der Waals surface area (Å²) in [5, 5.41) is 0. The van der Waals surface area contributed by atoms with Gasteiger partial charge in [-0.1, -0.05) is 0 Å². The molecule has 1 unspecified atom stereocenters. The second kappa shape index (κ2) is 5.25. The molecule has 0 fully saturated rings. The van der Waals surface area contributed by atoms with Crippen LogP contribution in [0.15, 0.2) is 0 Å². The van der Waals surface area contributed by atoms with E-state index < -0.39 is 15.2 Å². The van der Waals surface area contributed by atoms with Crippen molar-refractivity contribution in [3.8, 4) is 0 Å². The monoisotopic (exact) mass is 232 g/mol. The summed E-state index contributed by atoms with van der Waals surface area (Å²) in [6.07, 6.45) is 0.172. The number of hydrogen-bond acceptors (Lipinski definition) is 3. The van der Waals surface area contributed by atoms with Gasteiger partial charge in [-0.3, -0.25) is 9.13 Å². The van der Waals surface area contributed by atoms with Crippen LogP contribution in [0.1, 0.15) is 12.8 Å². The lowest BCUT2D eigenvalue weighted by Gasteiger charge is -2.08. The Morgan fingerprint density at radius 2 is 1.54 bits per heavy atom. The molecule has 8 heteroatoms. The normalized spacial score (nSPS) is 16.9. The summed E-state index contributed by atoms with van der Waals surface area (Å²) in [6.45, 7) is 0.